The van der Waals surface area contributed by atoms with E-state index in [1.807, 2.05) is 68.1 Å². The highest BCUT2D eigenvalue weighted by Gasteiger charge is 2.57. The van der Waals surface area contributed by atoms with Gasteiger partial charge in [-0.25, -0.2) is 14.6 Å². The van der Waals surface area contributed by atoms with E-state index in [1.165, 1.54) is 4.90 Å². The fourth-order valence-electron chi connectivity index (χ4n) is 11.1. The van der Waals surface area contributed by atoms with E-state index in [4.69, 9.17) is 38.3 Å². The van der Waals surface area contributed by atoms with Crippen molar-refractivity contribution in [3.05, 3.63) is 94.1 Å². The number of esters is 1. The van der Waals surface area contributed by atoms with Crippen molar-refractivity contribution in [3.8, 4) is 11.8 Å². The molecule has 4 saturated heterocycles. The Morgan fingerprint density at radius 2 is 1.69 bits per heavy atom. The lowest BCUT2D eigenvalue weighted by Crippen LogP contribution is -2.58. The average Bonchev–Trinajstić information content (AvgIpc) is 3.79. The minimum absolute atomic E-state index is 0.0746. The number of amides is 3. The molecule has 70 heavy (non-hydrogen) atoms. The monoisotopic (exact) mass is 985 g/mol. The molecule has 6 aliphatic rings. The molecule has 6 aliphatic heterocycles. The molecule has 16 nitrogen and oxygen atoms in total. The Kier molecular flexibility index (Phi) is 12.4. The van der Waals surface area contributed by atoms with E-state index in [9.17, 15) is 29.5 Å². The fourth-order valence-corrected chi connectivity index (χ4v) is 11.8. The molecule has 1 N–H and O–H groups in total. The number of fused-ring (bicyclic) bond motifs is 5. The third-order valence-corrected chi connectivity index (χ3v) is 15.8. The predicted octanol–water partition coefficient (Wildman–Crippen LogP) is 6.40. The van der Waals surface area contributed by atoms with Crippen LogP contribution in [0.15, 0.2) is 66.7 Å². The molecule has 0 radical (unpaired) electrons. The van der Waals surface area contributed by atoms with Gasteiger partial charge in [-0.1, -0.05) is 24.6 Å². The summed E-state index contributed by atoms with van der Waals surface area (Å²) in [5.41, 5.74) is 3.64. The summed E-state index contributed by atoms with van der Waals surface area (Å²) in [7, 11) is 3.91. The molecule has 10 rings (SSSR count). The van der Waals surface area contributed by atoms with Crippen LogP contribution in [0.1, 0.15) is 62.4 Å². The number of nitriles is 1. The number of nitrogens with zero attached hydrogens (tertiary/aromatic N) is 9. The van der Waals surface area contributed by atoms with Crippen molar-refractivity contribution in [2.24, 2.45) is 17.8 Å². The molecule has 4 aromatic rings. The molecular weight excluding hydrogens is 930 g/mol. The summed E-state index contributed by atoms with van der Waals surface area (Å²) in [6, 6.07) is 20.8. The number of pyridine rings is 1. The van der Waals surface area contributed by atoms with Gasteiger partial charge in [-0.2, -0.15) is 5.26 Å². The van der Waals surface area contributed by atoms with Gasteiger partial charge < -0.3 is 39.1 Å². The number of thiocarbonyl (C=S) groups is 1. The van der Waals surface area contributed by atoms with Crippen LogP contribution in [0.4, 0.5) is 21.9 Å². The van der Waals surface area contributed by atoms with Gasteiger partial charge in [0.25, 0.3) is 5.91 Å². The number of aromatic nitrogens is 1. The van der Waals surface area contributed by atoms with E-state index in [2.05, 4.69) is 28.0 Å². The second-order valence-corrected chi connectivity index (χ2v) is 20.8. The lowest BCUT2D eigenvalue weighted by atomic mass is 9.72. The molecule has 0 saturated carbocycles. The van der Waals surface area contributed by atoms with E-state index in [1.54, 1.807) is 41.0 Å². The second-order valence-electron chi connectivity index (χ2n) is 20.0. The van der Waals surface area contributed by atoms with Crippen molar-refractivity contribution < 1.29 is 33.8 Å². The van der Waals surface area contributed by atoms with Crippen molar-refractivity contribution in [2.45, 2.75) is 64.3 Å². The third-order valence-electron chi connectivity index (χ3n) is 15.1. The Balaban J connectivity index is 0.743. The van der Waals surface area contributed by atoms with Crippen LogP contribution < -0.4 is 19.4 Å². The number of halogens is 1. The fraction of sp³-hybridized carbons (Fsp3) is 0.442. The van der Waals surface area contributed by atoms with Crippen molar-refractivity contribution in [1.82, 2.24) is 24.6 Å². The molecule has 18 heteroatoms. The summed E-state index contributed by atoms with van der Waals surface area (Å²) in [5.74, 6) is -1.47. The van der Waals surface area contributed by atoms with Crippen LogP contribution in [0.5, 0.6) is 5.75 Å². The van der Waals surface area contributed by atoms with Gasteiger partial charge in [-0.05, 0) is 126 Å². The van der Waals surface area contributed by atoms with Gasteiger partial charge in [0.1, 0.15) is 24.0 Å². The number of hydrogen-bond acceptors (Lipinski definition) is 13. The van der Waals surface area contributed by atoms with E-state index in [0.717, 1.165) is 73.5 Å². The minimum Gasteiger partial charge on any atom is -0.463 e. The Hall–Kier alpha value is -6.16. The molecule has 4 fully saturated rings. The molecule has 364 valence electrons. The van der Waals surface area contributed by atoms with Crippen LogP contribution in [0.25, 0.3) is 16.6 Å². The number of piperidine rings is 1. The Morgan fingerprint density at radius 1 is 0.986 bits per heavy atom. The number of ether oxygens (including phenoxy) is 2. The predicted molar refractivity (Wildman–Crippen MR) is 269 cm³/mol. The van der Waals surface area contributed by atoms with Crippen LogP contribution in [0, 0.1) is 29.1 Å². The number of cyclic esters (lactones) is 1. The van der Waals surface area contributed by atoms with Crippen molar-refractivity contribution in [1.29, 1.82) is 5.26 Å². The topological polar surface area (TPSA) is 166 Å². The molecule has 3 amide bonds. The van der Waals surface area contributed by atoms with E-state index in [0.29, 0.717) is 71.1 Å². The van der Waals surface area contributed by atoms with Gasteiger partial charge in [-0.3, -0.25) is 19.4 Å². The number of hydrogen-bond donors (Lipinski definition) is 1. The van der Waals surface area contributed by atoms with Gasteiger partial charge in [0.05, 0.1) is 45.6 Å². The summed E-state index contributed by atoms with van der Waals surface area (Å²) < 4.78 is 11.5. The largest absolute Gasteiger partial charge is 0.463 e. The van der Waals surface area contributed by atoms with Crippen LogP contribution in [0.2, 0.25) is 5.02 Å². The van der Waals surface area contributed by atoms with Gasteiger partial charge >= 0.3 is 12.1 Å². The highest BCUT2D eigenvalue weighted by molar-refractivity contribution is 7.81. The molecule has 3 atom stereocenters. The first-order valence-corrected chi connectivity index (χ1v) is 24.7. The average molecular weight is 987 g/mol. The minimum atomic E-state index is -1.79. The molecule has 0 aliphatic carbocycles. The molecular formula is C52H56ClN9O7S. The van der Waals surface area contributed by atoms with E-state index >= 15 is 0 Å². The van der Waals surface area contributed by atoms with Crippen molar-refractivity contribution in [2.75, 3.05) is 81.2 Å². The zero-order valence-electron chi connectivity index (χ0n) is 40.0. The smallest absolute Gasteiger partial charge is 0.415 e. The van der Waals surface area contributed by atoms with Crippen molar-refractivity contribution in [3.63, 3.8) is 0 Å². The first-order valence-electron chi connectivity index (χ1n) is 24.0. The maximum atomic E-state index is 13.8. The van der Waals surface area contributed by atoms with E-state index in [-0.39, 0.29) is 29.9 Å². The number of rotatable bonds is 9. The number of anilines is 3. The van der Waals surface area contributed by atoms with Crippen LogP contribution >= 0.6 is 23.8 Å². The van der Waals surface area contributed by atoms with Crippen LogP contribution in [0.3, 0.4) is 0 Å². The zero-order chi connectivity index (χ0) is 49.4. The normalized spacial score (nSPS) is 23.6. The summed E-state index contributed by atoms with van der Waals surface area (Å²) in [4.78, 5) is 72.7. The van der Waals surface area contributed by atoms with Gasteiger partial charge in [0, 0.05) is 86.2 Å². The van der Waals surface area contributed by atoms with Gasteiger partial charge in [-0.15, -0.1) is 0 Å². The SMILES string of the molecule is CC[C@@]1(O)C(=O)OCC2C(=O)N3Cc4cc5c(CN(C)C)c(OC(=O)N6CCN(CC7CCN(c8ccc(N9C(=S)N(c%10ccc(C#N)c(Cl)c%10)C(=O)C9(C)C)cc8)CC7)CC6)ccc5nc4C3=CC21. The number of piperazine rings is 1. The molecule has 0 spiro atoms. The standard InChI is InChI=1S/C52H56ClN9O7S/c1-6-52(67)40-25-43-45-33(28-60(43)46(63)39(40)30-68-48(52)65)23-37-38(29-56(4)5)44(14-13-42(37)55-45)69-50(66)59-21-19-57(20-22-59)27-31-15-17-58(18-16-31)34-9-11-35(12-10-34)62-49(70)61(47(64)51(62,2)3)36-8-7-32(26-54)41(53)24-36/h7-14,23-25,31,39-40,67H,6,15-22,27-30H2,1-5H3/t39?,40?,52-/m0/s1. The number of aliphatic hydroxyl groups is 1. The highest BCUT2D eigenvalue weighted by atomic mass is 35.5. The van der Waals surface area contributed by atoms with Gasteiger partial charge in [0.15, 0.2) is 10.7 Å². The number of benzene rings is 3. The van der Waals surface area contributed by atoms with Crippen LogP contribution in [-0.4, -0.2) is 136 Å². The lowest BCUT2D eigenvalue weighted by Gasteiger charge is -2.44. The summed E-state index contributed by atoms with van der Waals surface area (Å²) >= 11 is 12.2. The first-order chi connectivity index (χ1) is 33.5. The first kappa shape index (κ1) is 47.5. The Bertz CT molecular complexity index is 2910. The third kappa shape index (κ3) is 8.13. The summed E-state index contributed by atoms with van der Waals surface area (Å²) in [6.45, 7) is 11.6. The van der Waals surface area contributed by atoms with Crippen molar-refractivity contribution >= 4 is 86.5 Å². The molecule has 1 aromatic heterocycles. The maximum absolute atomic E-state index is 13.8. The van der Waals surface area contributed by atoms with Crippen LogP contribution in [-0.2, 0) is 32.2 Å². The van der Waals surface area contributed by atoms with E-state index < -0.39 is 35.0 Å². The Morgan fingerprint density at radius 3 is 2.36 bits per heavy atom. The summed E-state index contributed by atoms with van der Waals surface area (Å²) in [5, 5.41) is 22.1. The highest BCUT2D eigenvalue weighted by Crippen LogP contribution is 2.47. The molecule has 0 bridgehead atoms. The quantitative estimate of drug-likeness (QED) is 0.145. The maximum Gasteiger partial charge on any atom is 0.415 e. The Labute approximate surface area is 417 Å². The number of carbonyl (C=O) groups is 4. The second kappa shape index (κ2) is 18.2. The lowest BCUT2D eigenvalue weighted by molar-refractivity contribution is -0.190. The number of carbonyl (C=O) groups excluding carboxylic acids is 4. The summed E-state index contributed by atoms with van der Waals surface area (Å²) in [6.07, 6.45) is 3.65. The molecule has 7 heterocycles. The van der Waals surface area contributed by atoms with Gasteiger partial charge in [0.2, 0.25) is 5.91 Å². The zero-order valence-corrected chi connectivity index (χ0v) is 41.6. The molecule has 2 unspecified atom stereocenters. The molecule has 3 aromatic carbocycles.